The number of aromatic nitrogens is 1. The highest BCUT2D eigenvalue weighted by molar-refractivity contribution is 5.79. The summed E-state index contributed by atoms with van der Waals surface area (Å²) in [5, 5.41) is 6.98. The van der Waals surface area contributed by atoms with Crippen LogP contribution in [0, 0.1) is 5.41 Å². The first-order chi connectivity index (χ1) is 13.1. The third-order valence-corrected chi connectivity index (χ3v) is 5.31. The van der Waals surface area contributed by atoms with Crippen molar-refractivity contribution >= 4 is 11.8 Å². The summed E-state index contributed by atoms with van der Waals surface area (Å²) in [4.78, 5) is 11.2. The van der Waals surface area contributed by atoms with Gasteiger partial charge in [-0.2, -0.15) is 0 Å². The molecule has 0 spiro atoms. The minimum atomic E-state index is 0.347. The van der Waals surface area contributed by atoms with Crippen LogP contribution < -0.4 is 15.5 Å². The van der Waals surface area contributed by atoms with Crippen molar-refractivity contribution in [1.29, 1.82) is 0 Å². The predicted octanol–water partition coefficient (Wildman–Crippen LogP) is 3.19. The quantitative estimate of drug-likeness (QED) is 0.374. The highest BCUT2D eigenvalue weighted by Crippen LogP contribution is 2.40. The molecule has 0 aliphatic heterocycles. The third-order valence-electron chi connectivity index (χ3n) is 5.31. The molecule has 2 N–H and O–H groups in total. The topological polar surface area (TPSA) is 61.8 Å². The number of rotatable bonds is 10. The number of aliphatic imine (C=N–C) groups is 1. The van der Waals surface area contributed by atoms with Crippen molar-refractivity contribution in [3.63, 3.8) is 0 Å². The summed E-state index contributed by atoms with van der Waals surface area (Å²) >= 11 is 0. The Labute approximate surface area is 164 Å². The lowest BCUT2D eigenvalue weighted by Crippen LogP contribution is -2.43. The average molecular weight is 376 g/mol. The number of nitrogens with one attached hydrogen (secondary N) is 2. The summed E-state index contributed by atoms with van der Waals surface area (Å²) in [6.45, 7) is 8.29. The van der Waals surface area contributed by atoms with E-state index in [0.717, 1.165) is 50.1 Å². The first-order valence-electron chi connectivity index (χ1n) is 10.3. The van der Waals surface area contributed by atoms with Crippen LogP contribution in [0.1, 0.15) is 51.5 Å². The molecule has 0 bridgehead atoms. The Kier molecular flexibility index (Phi) is 8.85. The van der Waals surface area contributed by atoms with Crippen LogP contribution in [0.5, 0.6) is 0 Å². The van der Waals surface area contributed by atoms with Crippen molar-refractivity contribution < 1.29 is 4.74 Å². The number of hydrogen-bond acceptors (Lipinski definition) is 4. The number of nitrogens with zero attached hydrogens (tertiary/aromatic N) is 3. The molecule has 0 aromatic carbocycles. The second-order valence-electron chi connectivity index (χ2n) is 7.62. The van der Waals surface area contributed by atoms with Gasteiger partial charge in [0.25, 0.3) is 0 Å². The Morgan fingerprint density at radius 2 is 2.04 bits per heavy atom. The second-order valence-corrected chi connectivity index (χ2v) is 7.62. The van der Waals surface area contributed by atoms with Gasteiger partial charge in [0.2, 0.25) is 0 Å². The van der Waals surface area contributed by atoms with Gasteiger partial charge in [-0.05, 0) is 56.2 Å². The smallest absolute Gasteiger partial charge is 0.191 e. The molecule has 6 heteroatoms. The molecule has 0 amide bonds. The second kappa shape index (κ2) is 11.1. The molecule has 1 aromatic heterocycles. The maximum Gasteiger partial charge on any atom is 0.191 e. The van der Waals surface area contributed by atoms with E-state index in [4.69, 9.17) is 9.73 Å². The Morgan fingerprint density at radius 3 is 2.70 bits per heavy atom. The van der Waals surface area contributed by atoms with E-state index in [0.29, 0.717) is 12.0 Å². The first kappa shape index (κ1) is 21.5. The minimum Gasteiger partial charge on any atom is -0.382 e. The molecule has 0 saturated heterocycles. The van der Waals surface area contributed by atoms with Crippen LogP contribution in [0.2, 0.25) is 0 Å². The molecule has 0 atom stereocenters. The van der Waals surface area contributed by atoms with Gasteiger partial charge in [0, 0.05) is 46.6 Å². The SMILES string of the molecule is CCNC(=NCc1ccnc(N(C)C)c1)NCC1(CCOCC)CCCC1. The van der Waals surface area contributed by atoms with Gasteiger partial charge in [0.15, 0.2) is 5.96 Å². The zero-order valence-electron chi connectivity index (χ0n) is 17.6. The van der Waals surface area contributed by atoms with Gasteiger partial charge in [0.1, 0.15) is 5.82 Å². The molecule has 1 saturated carbocycles. The zero-order valence-corrected chi connectivity index (χ0v) is 17.6. The van der Waals surface area contributed by atoms with Crippen molar-refractivity contribution in [2.24, 2.45) is 10.4 Å². The zero-order chi connectivity index (χ0) is 19.5. The Morgan fingerprint density at radius 1 is 1.26 bits per heavy atom. The standard InChI is InChI=1S/C21H37N5O/c1-5-22-20(24-16-18-9-13-23-19(15-18)26(3)4)25-17-21(10-7-8-11-21)12-14-27-6-2/h9,13,15H,5-8,10-12,14,16-17H2,1-4H3,(H2,22,24,25). The lowest BCUT2D eigenvalue weighted by atomic mass is 9.83. The molecular formula is C21H37N5O. The van der Waals surface area contributed by atoms with E-state index in [1.165, 1.54) is 25.7 Å². The van der Waals surface area contributed by atoms with E-state index in [9.17, 15) is 0 Å². The summed E-state index contributed by atoms with van der Waals surface area (Å²) in [6.07, 6.45) is 8.19. The van der Waals surface area contributed by atoms with E-state index in [2.05, 4.69) is 35.5 Å². The van der Waals surface area contributed by atoms with Crippen LogP contribution in [-0.2, 0) is 11.3 Å². The number of hydrogen-bond donors (Lipinski definition) is 2. The largest absolute Gasteiger partial charge is 0.382 e. The van der Waals surface area contributed by atoms with Crippen molar-refractivity contribution in [3.05, 3.63) is 23.9 Å². The molecule has 27 heavy (non-hydrogen) atoms. The van der Waals surface area contributed by atoms with Gasteiger partial charge >= 0.3 is 0 Å². The van der Waals surface area contributed by atoms with E-state index < -0.39 is 0 Å². The van der Waals surface area contributed by atoms with Crippen LogP contribution in [-0.4, -0.2) is 51.3 Å². The van der Waals surface area contributed by atoms with Gasteiger partial charge in [-0.25, -0.2) is 9.98 Å². The summed E-state index contributed by atoms with van der Waals surface area (Å²) in [6, 6.07) is 4.12. The Balaban J connectivity index is 1.97. The maximum absolute atomic E-state index is 5.63. The monoisotopic (exact) mass is 375 g/mol. The fraction of sp³-hybridized carbons (Fsp3) is 0.714. The summed E-state index contributed by atoms with van der Waals surface area (Å²) in [5.74, 6) is 1.85. The number of anilines is 1. The van der Waals surface area contributed by atoms with E-state index in [1.807, 2.05) is 31.3 Å². The lowest BCUT2D eigenvalue weighted by Gasteiger charge is -2.30. The number of pyridine rings is 1. The highest BCUT2D eigenvalue weighted by Gasteiger charge is 2.33. The highest BCUT2D eigenvalue weighted by atomic mass is 16.5. The fourth-order valence-electron chi connectivity index (χ4n) is 3.66. The molecule has 0 unspecified atom stereocenters. The van der Waals surface area contributed by atoms with E-state index in [-0.39, 0.29) is 0 Å². The molecule has 6 nitrogen and oxygen atoms in total. The van der Waals surface area contributed by atoms with Gasteiger partial charge in [-0.3, -0.25) is 0 Å². The molecule has 2 rings (SSSR count). The fourth-order valence-corrected chi connectivity index (χ4v) is 3.66. The Hall–Kier alpha value is -1.82. The van der Waals surface area contributed by atoms with E-state index >= 15 is 0 Å². The molecular weight excluding hydrogens is 338 g/mol. The van der Waals surface area contributed by atoms with Crippen molar-refractivity contribution in [2.75, 3.05) is 45.3 Å². The van der Waals surface area contributed by atoms with Crippen LogP contribution in [0.15, 0.2) is 23.3 Å². The molecule has 152 valence electrons. The molecule has 1 fully saturated rings. The lowest BCUT2D eigenvalue weighted by molar-refractivity contribution is 0.105. The summed E-state index contributed by atoms with van der Waals surface area (Å²) in [7, 11) is 4.01. The third kappa shape index (κ3) is 7.01. The maximum atomic E-state index is 5.63. The van der Waals surface area contributed by atoms with Crippen molar-refractivity contribution in [1.82, 2.24) is 15.6 Å². The molecule has 1 aliphatic carbocycles. The van der Waals surface area contributed by atoms with Crippen molar-refractivity contribution in [3.8, 4) is 0 Å². The molecule has 1 heterocycles. The molecule has 0 radical (unpaired) electrons. The first-order valence-corrected chi connectivity index (χ1v) is 10.3. The minimum absolute atomic E-state index is 0.347. The predicted molar refractivity (Wildman–Crippen MR) is 113 cm³/mol. The summed E-state index contributed by atoms with van der Waals surface area (Å²) < 4.78 is 5.63. The van der Waals surface area contributed by atoms with Gasteiger partial charge in [-0.1, -0.05) is 12.8 Å². The van der Waals surface area contributed by atoms with E-state index in [1.54, 1.807) is 0 Å². The average Bonchev–Trinajstić information content (AvgIpc) is 3.13. The molecule has 1 aromatic rings. The number of ether oxygens (including phenoxy) is 1. The van der Waals surface area contributed by atoms with Crippen LogP contribution in [0.3, 0.4) is 0 Å². The van der Waals surface area contributed by atoms with Crippen LogP contribution in [0.4, 0.5) is 5.82 Å². The normalized spacial score (nSPS) is 16.4. The van der Waals surface area contributed by atoms with Gasteiger partial charge in [-0.15, -0.1) is 0 Å². The molecule has 1 aliphatic rings. The van der Waals surface area contributed by atoms with Crippen LogP contribution in [0.25, 0.3) is 0 Å². The summed E-state index contributed by atoms with van der Waals surface area (Å²) in [5.41, 5.74) is 1.51. The van der Waals surface area contributed by atoms with Gasteiger partial charge in [0.05, 0.1) is 6.54 Å². The van der Waals surface area contributed by atoms with Gasteiger partial charge < -0.3 is 20.3 Å². The van der Waals surface area contributed by atoms with Crippen LogP contribution >= 0.6 is 0 Å². The van der Waals surface area contributed by atoms with Crippen molar-refractivity contribution in [2.45, 2.75) is 52.5 Å². The Bertz CT molecular complexity index is 582. The number of guanidine groups is 1.